The number of aliphatic imine (C=N–C) groups is 1. The first-order valence-electron chi connectivity index (χ1n) is 7.98. The van der Waals surface area contributed by atoms with E-state index in [0.29, 0.717) is 6.54 Å². The van der Waals surface area contributed by atoms with Gasteiger partial charge in [-0.05, 0) is 12.0 Å². The summed E-state index contributed by atoms with van der Waals surface area (Å²) >= 11 is 1.71. The summed E-state index contributed by atoms with van der Waals surface area (Å²) in [5.41, 5.74) is 2.42. The van der Waals surface area contributed by atoms with Crippen LogP contribution in [-0.4, -0.2) is 24.5 Å². The van der Waals surface area contributed by atoms with E-state index in [1.54, 1.807) is 18.4 Å². The van der Waals surface area contributed by atoms with E-state index in [1.807, 2.05) is 6.07 Å². The maximum atomic E-state index is 4.56. The van der Waals surface area contributed by atoms with Crippen LogP contribution in [0.4, 0.5) is 0 Å². The summed E-state index contributed by atoms with van der Waals surface area (Å²) in [6.07, 6.45) is 0.989. The minimum atomic E-state index is 0.0366. The van der Waals surface area contributed by atoms with Gasteiger partial charge in [0.15, 0.2) is 5.96 Å². The van der Waals surface area contributed by atoms with Crippen LogP contribution in [0.2, 0.25) is 0 Å². The first kappa shape index (κ1) is 17.5. The number of benzene rings is 1. The standard InChI is InChI=1S/C18H26N4S/c1-5-16-22-15(12-23-16)11-20-17(19-4)21-13-18(2,3)14-9-7-6-8-10-14/h6-10,12H,5,11,13H2,1-4H3,(H2,19,20,21). The molecule has 0 saturated carbocycles. The number of rotatable bonds is 6. The molecule has 124 valence electrons. The molecule has 2 N–H and O–H groups in total. The quantitative estimate of drug-likeness (QED) is 0.631. The summed E-state index contributed by atoms with van der Waals surface area (Å²) in [7, 11) is 1.80. The van der Waals surface area contributed by atoms with Gasteiger partial charge in [-0.1, -0.05) is 51.1 Å². The molecule has 4 nitrogen and oxygen atoms in total. The largest absolute Gasteiger partial charge is 0.356 e. The molecule has 0 saturated heterocycles. The van der Waals surface area contributed by atoms with Gasteiger partial charge in [0, 0.05) is 24.4 Å². The molecule has 0 radical (unpaired) electrons. The van der Waals surface area contributed by atoms with Crippen molar-refractivity contribution in [2.75, 3.05) is 13.6 Å². The van der Waals surface area contributed by atoms with Crippen molar-refractivity contribution in [3.05, 3.63) is 52.0 Å². The number of hydrogen-bond donors (Lipinski definition) is 2. The van der Waals surface area contributed by atoms with E-state index in [2.05, 4.69) is 71.0 Å². The molecule has 2 rings (SSSR count). The van der Waals surface area contributed by atoms with Crippen molar-refractivity contribution in [2.24, 2.45) is 4.99 Å². The van der Waals surface area contributed by atoms with Crippen LogP contribution in [0.25, 0.3) is 0 Å². The third kappa shape index (κ3) is 5.06. The number of nitrogens with one attached hydrogen (secondary N) is 2. The predicted molar refractivity (Wildman–Crippen MR) is 99.2 cm³/mol. The minimum absolute atomic E-state index is 0.0366. The Kier molecular flexibility index (Phi) is 6.16. The highest BCUT2D eigenvalue weighted by Crippen LogP contribution is 2.21. The number of nitrogens with zero attached hydrogens (tertiary/aromatic N) is 2. The number of guanidine groups is 1. The van der Waals surface area contributed by atoms with Gasteiger partial charge in [-0.3, -0.25) is 4.99 Å². The lowest BCUT2D eigenvalue weighted by Gasteiger charge is -2.26. The second-order valence-electron chi connectivity index (χ2n) is 6.12. The molecule has 0 amide bonds. The summed E-state index contributed by atoms with van der Waals surface area (Å²) < 4.78 is 0. The summed E-state index contributed by atoms with van der Waals surface area (Å²) in [4.78, 5) is 8.86. The average molecular weight is 331 g/mol. The van der Waals surface area contributed by atoms with Crippen LogP contribution in [0.15, 0.2) is 40.7 Å². The number of hydrogen-bond acceptors (Lipinski definition) is 3. The van der Waals surface area contributed by atoms with Gasteiger partial charge in [-0.25, -0.2) is 4.98 Å². The van der Waals surface area contributed by atoms with E-state index in [0.717, 1.165) is 24.6 Å². The summed E-state index contributed by atoms with van der Waals surface area (Å²) in [6.45, 7) is 8.10. The van der Waals surface area contributed by atoms with Gasteiger partial charge in [0.2, 0.25) is 0 Å². The van der Waals surface area contributed by atoms with Crippen molar-refractivity contribution >= 4 is 17.3 Å². The third-order valence-corrected chi connectivity index (χ3v) is 4.86. The molecule has 0 unspecified atom stereocenters. The van der Waals surface area contributed by atoms with Crippen molar-refractivity contribution in [1.82, 2.24) is 15.6 Å². The highest BCUT2D eigenvalue weighted by Gasteiger charge is 2.20. The molecule has 0 aliphatic heterocycles. The van der Waals surface area contributed by atoms with Crippen LogP contribution in [0.1, 0.15) is 37.0 Å². The Balaban J connectivity index is 1.87. The predicted octanol–water partition coefficient (Wildman–Crippen LogP) is 3.35. The Morgan fingerprint density at radius 3 is 2.57 bits per heavy atom. The second-order valence-corrected chi connectivity index (χ2v) is 7.06. The van der Waals surface area contributed by atoms with Crippen molar-refractivity contribution in [3.8, 4) is 0 Å². The molecule has 23 heavy (non-hydrogen) atoms. The zero-order chi connectivity index (χ0) is 16.7. The van der Waals surface area contributed by atoms with Gasteiger partial charge in [0.25, 0.3) is 0 Å². The van der Waals surface area contributed by atoms with Crippen LogP contribution in [0.5, 0.6) is 0 Å². The Morgan fingerprint density at radius 1 is 1.22 bits per heavy atom. The zero-order valence-electron chi connectivity index (χ0n) is 14.4. The van der Waals surface area contributed by atoms with Gasteiger partial charge in [-0.15, -0.1) is 11.3 Å². The van der Waals surface area contributed by atoms with Crippen molar-refractivity contribution < 1.29 is 0 Å². The summed E-state index contributed by atoms with van der Waals surface area (Å²) in [5.74, 6) is 0.806. The molecular weight excluding hydrogens is 304 g/mol. The molecule has 0 atom stereocenters. The van der Waals surface area contributed by atoms with Crippen molar-refractivity contribution in [1.29, 1.82) is 0 Å². The van der Waals surface area contributed by atoms with E-state index in [4.69, 9.17) is 0 Å². The maximum absolute atomic E-state index is 4.56. The fraction of sp³-hybridized carbons (Fsp3) is 0.444. The maximum Gasteiger partial charge on any atom is 0.191 e. The monoisotopic (exact) mass is 330 g/mol. The molecule has 1 aromatic heterocycles. The number of thiazole rings is 1. The molecule has 0 aliphatic carbocycles. The van der Waals surface area contributed by atoms with Gasteiger partial charge < -0.3 is 10.6 Å². The zero-order valence-corrected chi connectivity index (χ0v) is 15.2. The molecule has 0 bridgehead atoms. The fourth-order valence-corrected chi connectivity index (χ4v) is 3.03. The van der Waals surface area contributed by atoms with Gasteiger partial charge >= 0.3 is 0 Å². The van der Waals surface area contributed by atoms with Crippen LogP contribution in [-0.2, 0) is 18.4 Å². The minimum Gasteiger partial charge on any atom is -0.356 e. The van der Waals surface area contributed by atoms with Crippen LogP contribution in [0, 0.1) is 0 Å². The summed E-state index contributed by atoms with van der Waals surface area (Å²) in [5, 5.41) is 10.0. The molecule has 5 heteroatoms. The third-order valence-electron chi connectivity index (χ3n) is 3.82. The van der Waals surface area contributed by atoms with Crippen LogP contribution < -0.4 is 10.6 Å². The van der Waals surface area contributed by atoms with E-state index in [9.17, 15) is 0 Å². The highest BCUT2D eigenvalue weighted by atomic mass is 32.1. The lowest BCUT2D eigenvalue weighted by atomic mass is 9.85. The number of aryl methyl sites for hydroxylation is 1. The SMILES string of the molecule is CCc1nc(CNC(=NC)NCC(C)(C)c2ccccc2)cs1. The molecule has 1 heterocycles. The Bertz CT molecular complexity index is 631. The summed E-state index contributed by atoms with van der Waals surface area (Å²) in [6, 6.07) is 10.5. The van der Waals surface area contributed by atoms with E-state index < -0.39 is 0 Å². The number of aromatic nitrogens is 1. The Labute approximate surface area is 143 Å². The molecule has 0 spiro atoms. The highest BCUT2D eigenvalue weighted by molar-refractivity contribution is 7.09. The van der Waals surface area contributed by atoms with Gasteiger partial charge in [-0.2, -0.15) is 0 Å². The van der Waals surface area contributed by atoms with Gasteiger partial charge in [0.05, 0.1) is 17.2 Å². The topological polar surface area (TPSA) is 49.3 Å². The molecule has 0 aliphatic rings. The van der Waals surface area contributed by atoms with Crippen molar-refractivity contribution in [2.45, 2.75) is 39.2 Å². The first-order chi connectivity index (χ1) is 11.0. The van der Waals surface area contributed by atoms with Crippen LogP contribution >= 0.6 is 11.3 Å². The van der Waals surface area contributed by atoms with E-state index >= 15 is 0 Å². The lowest BCUT2D eigenvalue weighted by molar-refractivity contribution is 0.508. The first-order valence-corrected chi connectivity index (χ1v) is 8.86. The van der Waals surface area contributed by atoms with Crippen molar-refractivity contribution in [3.63, 3.8) is 0 Å². The Hall–Kier alpha value is -1.88. The fourth-order valence-electron chi connectivity index (χ4n) is 2.28. The average Bonchev–Trinajstić information content (AvgIpc) is 3.04. The van der Waals surface area contributed by atoms with Gasteiger partial charge in [0.1, 0.15) is 0 Å². The van der Waals surface area contributed by atoms with E-state index in [-0.39, 0.29) is 5.41 Å². The molecule has 2 aromatic rings. The normalized spacial score (nSPS) is 12.3. The van der Waals surface area contributed by atoms with Crippen LogP contribution in [0.3, 0.4) is 0 Å². The lowest BCUT2D eigenvalue weighted by Crippen LogP contribution is -2.43. The molecule has 1 aromatic carbocycles. The Morgan fingerprint density at radius 2 is 1.96 bits per heavy atom. The molecular formula is C18H26N4S. The molecule has 0 fully saturated rings. The second kappa shape index (κ2) is 8.11. The van der Waals surface area contributed by atoms with E-state index in [1.165, 1.54) is 10.6 Å². The smallest absolute Gasteiger partial charge is 0.191 e.